The average Bonchev–Trinajstić information content (AvgIpc) is 2.58. The molecule has 0 aliphatic carbocycles. The maximum atomic E-state index is 10.3. The molecule has 2 N–H and O–H groups in total. The van der Waals surface area contributed by atoms with E-state index in [1.165, 1.54) is 5.56 Å². The zero-order valence-corrected chi connectivity index (χ0v) is 10.3. The number of aliphatic hydroxyl groups excluding tert-OH is 1. The minimum Gasteiger partial charge on any atom is -0.387 e. The van der Waals surface area contributed by atoms with E-state index in [0.29, 0.717) is 0 Å². The Morgan fingerprint density at radius 2 is 2.19 bits per heavy atom. The molecule has 16 heavy (non-hydrogen) atoms. The fourth-order valence-corrected chi connectivity index (χ4v) is 2.49. The summed E-state index contributed by atoms with van der Waals surface area (Å²) in [6, 6.07) is 8.33. The lowest BCUT2D eigenvalue weighted by Gasteiger charge is -2.24. The van der Waals surface area contributed by atoms with Crippen molar-refractivity contribution in [2.24, 2.45) is 0 Å². The fraction of sp³-hybridized carbons (Fsp3) is 0.571. The number of hydrogen-bond donors (Lipinski definition) is 2. The molecule has 1 aliphatic heterocycles. The maximum Gasteiger partial charge on any atom is 0.0943 e. The van der Waals surface area contributed by atoms with Gasteiger partial charge in [0.2, 0.25) is 0 Å². The molecule has 1 saturated heterocycles. The highest BCUT2D eigenvalue weighted by molar-refractivity contribution is 5.25. The van der Waals surface area contributed by atoms with Gasteiger partial charge in [-0.25, -0.2) is 0 Å². The van der Waals surface area contributed by atoms with Gasteiger partial charge in [0.05, 0.1) is 6.10 Å². The van der Waals surface area contributed by atoms with Gasteiger partial charge in [-0.3, -0.25) is 0 Å². The van der Waals surface area contributed by atoms with E-state index in [0.717, 1.165) is 18.4 Å². The van der Waals surface area contributed by atoms with Crippen molar-refractivity contribution in [1.82, 2.24) is 5.32 Å². The molecule has 2 heteroatoms. The molecule has 1 aromatic rings. The normalized spacial score (nSPS) is 25.6. The van der Waals surface area contributed by atoms with Crippen LogP contribution in [-0.4, -0.2) is 16.7 Å². The van der Waals surface area contributed by atoms with Crippen molar-refractivity contribution in [3.8, 4) is 0 Å². The van der Waals surface area contributed by atoms with E-state index in [1.54, 1.807) is 0 Å². The third-order valence-electron chi connectivity index (χ3n) is 3.42. The Bertz CT molecular complexity index is 373. The van der Waals surface area contributed by atoms with Crippen molar-refractivity contribution < 1.29 is 5.11 Å². The molecule has 0 spiro atoms. The number of nitrogens with one attached hydrogen (secondary N) is 1. The van der Waals surface area contributed by atoms with Crippen LogP contribution in [-0.2, 0) is 0 Å². The first kappa shape index (κ1) is 11.6. The molecule has 2 atom stereocenters. The zero-order valence-electron chi connectivity index (χ0n) is 10.3. The molecule has 0 radical (unpaired) electrons. The Kier molecular flexibility index (Phi) is 3.04. The number of benzene rings is 1. The lowest BCUT2D eigenvalue weighted by Crippen LogP contribution is -2.40. The van der Waals surface area contributed by atoms with Crippen LogP contribution in [0.15, 0.2) is 24.3 Å². The van der Waals surface area contributed by atoms with Crippen LogP contribution < -0.4 is 5.32 Å². The topological polar surface area (TPSA) is 32.3 Å². The third-order valence-corrected chi connectivity index (χ3v) is 3.42. The highest BCUT2D eigenvalue weighted by Gasteiger charge is 2.34. The molecule has 0 aromatic heterocycles. The smallest absolute Gasteiger partial charge is 0.0943 e. The lowest BCUT2D eigenvalue weighted by atomic mass is 9.99. The van der Waals surface area contributed by atoms with E-state index >= 15 is 0 Å². The summed E-state index contributed by atoms with van der Waals surface area (Å²) >= 11 is 0. The second kappa shape index (κ2) is 4.19. The SMILES string of the molecule is Cc1cccc(C(O)C2CCC(C)(C)N2)c1. The molecule has 1 aromatic carbocycles. The Balaban J connectivity index is 2.11. The van der Waals surface area contributed by atoms with Gasteiger partial charge < -0.3 is 10.4 Å². The van der Waals surface area contributed by atoms with Crippen LogP contribution in [0.5, 0.6) is 0 Å². The predicted octanol–water partition coefficient (Wildman–Crippen LogP) is 2.56. The molecule has 1 aliphatic rings. The van der Waals surface area contributed by atoms with E-state index in [-0.39, 0.29) is 17.7 Å². The molecular weight excluding hydrogens is 198 g/mol. The number of hydrogen-bond acceptors (Lipinski definition) is 2. The monoisotopic (exact) mass is 219 g/mol. The van der Waals surface area contributed by atoms with Gasteiger partial charge in [0.25, 0.3) is 0 Å². The first-order valence-corrected chi connectivity index (χ1v) is 6.00. The van der Waals surface area contributed by atoms with E-state index in [4.69, 9.17) is 0 Å². The van der Waals surface area contributed by atoms with Crippen LogP contribution in [0.4, 0.5) is 0 Å². The van der Waals surface area contributed by atoms with Crippen LogP contribution in [0.25, 0.3) is 0 Å². The van der Waals surface area contributed by atoms with Crippen molar-refractivity contribution in [3.05, 3.63) is 35.4 Å². The van der Waals surface area contributed by atoms with Gasteiger partial charge in [-0.2, -0.15) is 0 Å². The molecule has 1 fully saturated rings. The van der Waals surface area contributed by atoms with E-state index in [9.17, 15) is 5.11 Å². The summed E-state index contributed by atoms with van der Waals surface area (Å²) in [4.78, 5) is 0. The van der Waals surface area contributed by atoms with Crippen molar-refractivity contribution in [2.75, 3.05) is 0 Å². The molecule has 2 nitrogen and oxygen atoms in total. The predicted molar refractivity (Wildman–Crippen MR) is 66.4 cm³/mol. The van der Waals surface area contributed by atoms with Gasteiger partial charge in [0.15, 0.2) is 0 Å². The Hall–Kier alpha value is -0.860. The van der Waals surface area contributed by atoms with Crippen molar-refractivity contribution in [1.29, 1.82) is 0 Å². The van der Waals surface area contributed by atoms with Crippen LogP contribution in [0.3, 0.4) is 0 Å². The van der Waals surface area contributed by atoms with E-state index in [1.807, 2.05) is 12.1 Å². The van der Waals surface area contributed by atoms with Gasteiger partial charge >= 0.3 is 0 Å². The number of rotatable bonds is 2. The van der Waals surface area contributed by atoms with Crippen LogP contribution in [0, 0.1) is 6.92 Å². The quantitative estimate of drug-likeness (QED) is 0.801. The van der Waals surface area contributed by atoms with E-state index in [2.05, 4.69) is 38.2 Å². The van der Waals surface area contributed by atoms with Crippen LogP contribution >= 0.6 is 0 Å². The zero-order chi connectivity index (χ0) is 11.8. The van der Waals surface area contributed by atoms with Gasteiger partial charge in [0, 0.05) is 11.6 Å². The number of aryl methyl sites for hydroxylation is 1. The van der Waals surface area contributed by atoms with Gasteiger partial charge in [-0.1, -0.05) is 29.8 Å². The highest BCUT2D eigenvalue weighted by Crippen LogP contribution is 2.30. The van der Waals surface area contributed by atoms with Crippen molar-refractivity contribution in [3.63, 3.8) is 0 Å². The molecule has 2 unspecified atom stereocenters. The molecule has 0 saturated carbocycles. The van der Waals surface area contributed by atoms with Gasteiger partial charge in [-0.15, -0.1) is 0 Å². The average molecular weight is 219 g/mol. The lowest BCUT2D eigenvalue weighted by molar-refractivity contribution is 0.131. The van der Waals surface area contributed by atoms with E-state index < -0.39 is 0 Å². The first-order valence-electron chi connectivity index (χ1n) is 6.00. The molecular formula is C14H21NO. The maximum absolute atomic E-state index is 10.3. The van der Waals surface area contributed by atoms with Crippen molar-refractivity contribution in [2.45, 2.75) is 51.3 Å². The fourth-order valence-electron chi connectivity index (χ4n) is 2.49. The summed E-state index contributed by atoms with van der Waals surface area (Å²) in [5.41, 5.74) is 2.39. The highest BCUT2D eigenvalue weighted by atomic mass is 16.3. The summed E-state index contributed by atoms with van der Waals surface area (Å²) in [5, 5.41) is 13.8. The Morgan fingerprint density at radius 3 is 2.75 bits per heavy atom. The minimum absolute atomic E-state index is 0.162. The molecule has 2 rings (SSSR count). The summed E-state index contributed by atoms with van der Waals surface area (Å²) in [6.45, 7) is 6.44. The second-order valence-electron chi connectivity index (χ2n) is 5.53. The summed E-state index contributed by atoms with van der Waals surface area (Å²) in [5.74, 6) is 0. The van der Waals surface area contributed by atoms with Gasteiger partial charge in [-0.05, 0) is 39.2 Å². The summed E-state index contributed by atoms with van der Waals surface area (Å²) in [7, 11) is 0. The van der Waals surface area contributed by atoms with Crippen molar-refractivity contribution >= 4 is 0 Å². The van der Waals surface area contributed by atoms with Gasteiger partial charge in [0.1, 0.15) is 0 Å². The molecule has 88 valence electrons. The standard InChI is InChI=1S/C14H21NO/c1-10-5-4-6-11(9-10)13(16)12-7-8-14(2,3)15-12/h4-6,9,12-13,15-16H,7-8H2,1-3H3. The van der Waals surface area contributed by atoms with Crippen LogP contribution in [0.2, 0.25) is 0 Å². The van der Waals surface area contributed by atoms with Crippen LogP contribution in [0.1, 0.15) is 43.9 Å². The third kappa shape index (κ3) is 2.45. The first-order chi connectivity index (χ1) is 7.48. The Labute approximate surface area is 97.7 Å². The largest absolute Gasteiger partial charge is 0.387 e. The second-order valence-corrected chi connectivity index (χ2v) is 5.53. The Morgan fingerprint density at radius 1 is 1.44 bits per heavy atom. The number of aliphatic hydroxyl groups is 1. The molecule has 0 amide bonds. The summed E-state index contributed by atoms with van der Waals surface area (Å²) in [6.07, 6.45) is 1.78. The molecule has 0 bridgehead atoms. The molecule has 1 heterocycles. The summed E-state index contributed by atoms with van der Waals surface area (Å²) < 4.78 is 0. The minimum atomic E-state index is -0.387.